The first-order chi connectivity index (χ1) is 21.7. The highest BCUT2D eigenvalue weighted by Crippen LogP contribution is 2.56. The Morgan fingerprint density at radius 2 is 1.78 bits per heavy atom. The van der Waals surface area contributed by atoms with Gasteiger partial charge in [-0.1, -0.05) is 78.4 Å². The van der Waals surface area contributed by atoms with Gasteiger partial charge in [-0.2, -0.15) is 0 Å². The van der Waals surface area contributed by atoms with Gasteiger partial charge in [-0.25, -0.2) is 0 Å². The van der Waals surface area contributed by atoms with Gasteiger partial charge in [0, 0.05) is 13.0 Å². The minimum absolute atomic E-state index is 0.0993. The van der Waals surface area contributed by atoms with Crippen molar-refractivity contribution in [2.24, 2.45) is 11.8 Å². The van der Waals surface area contributed by atoms with Crippen molar-refractivity contribution in [3.05, 3.63) is 89.5 Å². The molecule has 0 radical (unpaired) electrons. The topological polar surface area (TPSA) is 125 Å². The van der Waals surface area contributed by atoms with Crippen molar-refractivity contribution in [3.63, 3.8) is 0 Å². The molecule has 2 saturated heterocycles. The van der Waals surface area contributed by atoms with Gasteiger partial charge < -0.3 is 29.7 Å². The second-order valence-electron chi connectivity index (χ2n) is 12.0. The van der Waals surface area contributed by atoms with Crippen LogP contribution < -0.4 is 10.2 Å². The van der Waals surface area contributed by atoms with Crippen molar-refractivity contribution < 1.29 is 33.8 Å². The highest BCUT2D eigenvalue weighted by atomic mass is 35.5. The number of aliphatic hydroxyl groups excluding tert-OH is 1. The molecule has 4 aliphatic rings. The standard InChI is InChI=1S/C34H36ClN3O7/c1-20(19-39)38-30-32(42)37(24-14-9-8-13-23(24)35)18-10-4-7-15-26(40)36-21(2)29(22-11-5-3-6-12-22)44-33(43)27-25-16-17-34(30,45-25)28(27)31(38)41/h3-6,8-14,16-17,20-21,25,27-30,39H,7,15,18-19H2,1-2H3,(H,36,40)/b10-4-/t20-,21-,25+,27-,28-,29+,30+,34-/m1/s1. The Labute approximate surface area is 266 Å². The maximum Gasteiger partial charge on any atom is 0.313 e. The minimum atomic E-state index is -1.47. The van der Waals surface area contributed by atoms with E-state index in [-0.39, 0.29) is 18.9 Å². The van der Waals surface area contributed by atoms with Gasteiger partial charge in [-0.05, 0) is 38.0 Å². The molecule has 45 heavy (non-hydrogen) atoms. The van der Waals surface area contributed by atoms with E-state index in [1.54, 1.807) is 56.3 Å². The summed E-state index contributed by atoms with van der Waals surface area (Å²) >= 11 is 6.58. The van der Waals surface area contributed by atoms with E-state index in [2.05, 4.69) is 5.32 Å². The first-order valence-corrected chi connectivity index (χ1v) is 15.6. The number of halogens is 1. The number of benzene rings is 2. The van der Waals surface area contributed by atoms with Crippen LogP contribution >= 0.6 is 11.6 Å². The Kier molecular flexibility index (Phi) is 8.56. The minimum Gasteiger partial charge on any atom is -0.455 e. The van der Waals surface area contributed by atoms with Crippen molar-refractivity contribution in [2.75, 3.05) is 18.1 Å². The van der Waals surface area contributed by atoms with Crippen LogP contribution in [-0.4, -0.2) is 76.7 Å². The third kappa shape index (κ3) is 5.34. The van der Waals surface area contributed by atoms with Gasteiger partial charge in [0.2, 0.25) is 11.8 Å². The molecule has 2 N–H and O–H groups in total. The SMILES string of the molecule is C[C@H](CO)N1C(=O)[C@H]2[C@@H]3C(=O)O[C@H](c4ccccc4)[C@@H](C)NC(=O)CC/C=C\CN(c4ccccc4Cl)C(=O)[C@H]1[C@@]21C=C[C@@H]3O1. The van der Waals surface area contributed by atoms with Gasteiger partial charge in [0.05, 0.1) is 41.4 Å². The number of rotatable bonds is 4. The molecule has 236 valence electrons. The summed E-state index contributed by atoms with van der Waals surface area (Å²) in [4.78, 5) is 58.9. The van der Waals surface area contributed by atoms with Gasteiger partial charge in [0.15, 0.2) is 0 Å². The van der Waals surface area contributed by atoms with Crippen LogP contribution in [-0.2, 0) is 28.7 Å². The lowest BCUT2D eigenvalue weighted by Crippen LogP contribution is -2.58. The number of allylic oxidation sites excluding steroid dienone is 1. The largest absolute Gasteiger partial charge is 0.455 e. The van der Waals surface area contributed by atoms with Gasteiger partial charge in [0.25, 0.3) is 5.91 Å². The Balaban J connectivity index is 1.46. The summed E-state index contributed by atoms with van der Waals surface area (Å²) in [6.07, 6.45) is 5.96. The van der Waals surface area contributed by atoms with Gasteiger partial charge in [-0.15, -0.1) is 0 Å². The molecule has 2 fully saturated rings. The summed E-state index contributed by atoms with van der Waals surface area (Å²) in [6.45, 7) is 3.12. The number of cyclic esters (lactones) is 1. The molecule has 0 saturated carbocycles. The zero-order chi connectivity index (χ0) is 31.9. The number of hydrogen-bond acceptors (Lipinski definition) is 7. The number of fused-ring (bicyclic) bond motifs is 2. The van der Waals surface area contributed by atoms with Gasteiger partial charge >= 0.3 is 5.97 Å². The number of nitrogens with one attached hydrogen (secondary N) is 1. The highest BCUT2D eigenvalue weighted by Gasteiger charge is 2.74. The fourth-order valence-electron chi connectivity index (χ4n) is 7.06. The fraction of sp³-hybridized carbons (Fsp3) is 0.412. The molecule has 2 aromatic rings. The van der Waals surface area contributed by atoms with Crippen molar-refractivity contribution in [2.45, 2.75) is 62.6 Å². The lowest BCUT2D eigenvalue weighted by molar-refractivity contribution is -0.161. The van der Waals surface area contributed by atoms with E-state index >= 15 is 0 Å². The molecule has 6 rings (SSSR count). The summed E-state index contributed by atoms with van der Waals surface area (Å²) in [5.41, 5.74) is -0.353. The monoisotopic (exact) mass is 633 g/mol. The number of likely N-dealkylation sites (tertiary alicyclic amines) is 1. The lowest BCUT2D eigenvalue weighted by Gasteiger charge is -2.38. The molecule has 4 heterocycles. The van der Waals surface area contributed by atoms with E-state index in [1.807, 2.05) is 36.4 Å². The number of carbonyl (C=O) groups is 4. The Bertz CT molecular complexity index is 1550. The van der Waals surface area contributed by atoms with Crippen LogP contribution in [0.25, 0.3) is 0 Å². The molecular formula is C34H36ClN3O7. The molecule has 8 atom stereocenters. The van der Waals surface area contributed by atoms with E-state index in [9.17, 15) is 24.3 Å². The smallest absolute Gasteiger partial charge is 0.313 e. The first kappa shape index (κ1) is 31.0. The van der Waals surface area contributed by atoms with Crippen LogP contribution in [0.3, 0.4) is 0 Å². The summed E-state index contributed by atoms with van der Waals surface area (Å²) in [5, 5.41) is 13.5. The van der Waals surface area contributed by atoms with Crippen molar-refractivity contribution in [1.82, 2.24) is 10.2 Å². The average molecular weight is 634 g/mol. The fourth-order valence-corrected chi connectivity index (χ4v) is 7.30. The molecular weight excluding hydrogens is 598 g/mol. The zero-order valence-electron chi connectivity index (χ0n) is 25.0. The first-order valence-electron chi connectivity index (χ1n) is 15.2. The Hall–Kier alpha value is -3.99. The maximum atomic E-state index is 14.7. The highest BCUT2D eigenvalue weighted by molar-refractivity contribution is 6.34. The number of esters is 1. The molecule has 2 aromatic carbocycles. The number of ether oxygens (including phenoxy) is 2. The van der Waals surface area contributed by atoms with E-state index in [1.165, 1.54) is 9.80 Å². The van der Waals surface area contributed by atoms with Gasteiger partial charge in [0.1, 0.15) is 23.7 Å². The summed E-state index contributed by atoms with van der Waals surface area (Å²) in [6, 6.07) is 13.5. The molecule has 10 nitrogen and oxygen atoms in total. The normalized spacial score (nSPS) is 33.2. The zero-order valence-corrected chi connectivity index (χ0v) is 25.8. The average Bonchev–Trinajstić information content (AvgIpc) is 3.68. The maximum absolute atomic E-state index is 14.7. The third-order valence-corrected chi connectivity index (χ3v) is 9.49. The number of hydrogen-bond donors (Lipinski definition) is 2. The van der Waals surface area contributed by atoms with Crippen LogP contribution in [0.2, 0.25) is 5.02 Å². The third-order valence-electron chi connectivity index (χ3n) is 9.17. The molecule has 0 aromatic heterocycles. The number of carbonyl (C=O) groups excluding carboxylic acids is 4. The molecule has 4 aliphatic heterocycles. The number of amides is 3. The van der Waals surface area contributed by atoms with Crippen LogP contribution in [0.4, 0.5) is 5.69 Å². The van der Waals surface area contributed by atoms with Crippen LogP contribution in [0.15, 0.2) is 78.9 Å². The number of anilines is 1. The van der Waals surface area contributed by atoms with Crippen LogP contribution in [0.5, 0.6) is 0 Å². The van der Waals surface area contributed by atoms with Crippen molar-refractivity contribution in [1.29, 1.82) is 0 Å². The Morgan fingerprint density at radius 1 is 1.04 bits per heavy atom. The predicted molar refractivity (Wildman–Crippen MR) is 166 cm³/mol. The second kappa shape index (κ2) is 12.4. The molecule has 11 heteroatoms. The summed E-state index contributed by atoms with van der Waals surface area (Å²) in [5.74, 6) is -3.95. The number of nitrogens with zero attached hydrogens (tertiary/aromatic N) is 2. The van der Waals surface area contributed by atoms with Crippen LogP contribution in [0.1, 0.15) is 38.4 Å². The molecule has 1 spiro atoms. The number of aliphatic hydroxyl groups is 1. The van der Waals surface area contributed by atoms with E-state index < -0.39 is 72.2 Å². The molecule has 3 amide bonds. The summed E-state index contributed by atoms with van der Waals surface area (Å²) < 4.78 is 12.6. The Morgan fingerprint density at radius 3 is 2.51 bits per heavy atom. The lowest BCUT2D eigenvalue weighted by atomic mass is 9.74. The van der Waals surface area contributed by atoms with Crippen molar-refractivity contribution >= 4 is 41.0 Å². The predicted octanol–water partition coefficient (Wildman–Crippen LogP) is 3.34. The van der Waals surface area contributed by atoms with Crippen LogP contribution in [0, 0.1) is 11.8 Å². The van der Waals surface area contributed by atoms with E-state index in [0.717, 1.165) is 0 Å². The molecule has 0 unspecified atom stereocenters. The van der Waals surface area contributed by atoms with E-state index in [0.29, 0.717) is 22.7 Å². The summed E-state index contributed by atoms with van der Waals surface area (Å²) in [7, 11) is 0. The number of para-hydroxylation sites is 1. The van der Waals surface area contributed by atoms with E-state index in [4.69, 9.17) is 21.1 Å². The second-order valence-corrected chi connectivity index (χ2v) is 12.4. The molecule has 0 aliphatic carbocycles. The molecule has 5 bridgehead atoms. The quantitative estimate of drug-likeness (QED) is 0.391. The van der Waals surface area contributed by atoms with Crippen molar-refractivity contribution in [3.8, 4) is 0 Å². The van der Waals surface area contributed by atoms with Gasteiger partial charge in [-0.3, -0.25) is 19.2 Å².